The SMILES string of the molecule is CC(=O)NC(Cc1ccccc1)C(=O)NC(CS)C(=O)NC(Cc1ccc(O)cc1)C(=O)NC(Cc1c[nH]c2ccccc12)C(=O)NC(CCCCN)C(=O)NC(C(=O)NC(CS)C(=O)NC(C(N)=O)C(C)O)C(C)C. The molecule has 0 saturated heterocycles. The minimum absolute atomic E-state index is 0.0367. The number of benzene rings is 3. The van der Waals surface area contributed by atoms with Gasteiger partial charge in [-0.25, -0.2) is 0 Å². The van der Waals surface area contributed by atoms with E-state index in [4.69, 9.17) is 11.5 Å². The minimum Gasteiger partial charge on any atom is -0.508 e. The van der Waals surface area contributed by atoms with Crippen molar-refractivity contribution in [1.82, 2.24) is 47.5 Å². The molecule has 0 radical (unpaired) electrons. The second-order valence-electron chi connectivity index (χ2n) is 18.7. The molecule has 1 aromatic heterocycles. The van der Waals surface area contributed by atoms with Crippen LogP contribution in [0.4, 0.5) is 0 Å². The van der Waals surface area contributed by atoms with Crippen LogP contribution in [-0.2, 0) is 62.4 Å². The summed E-state index contributed by atoms with van der Waals surface area (Å²) in [5.41, 5.74) is 13.7. The second kappa shape index (κ2) is 30.4. The van der Waals surface area contributed by atoms with Gasteiger partial charge in [0.15, 0.2) is 0 Å². The fourth-order valence-corrected chi connectivity index (χ4v) is 8.60. The molecule has 0 spiro atoms. The second-order valence-corrected chi connectivity index (χ2v) is 19.4. The highest BCUT2D eigenvalue weighted by Gasteiger charge is 2.36. The molecular weight excluding hydrogens is 1020 g/mol. The number of aliphatic hydroxyl groups is 1. The fourth-order valence-electron chi connectivity index (χ4n) is 8.08. The third kappa shape index (κ3) is 18.9. The number of aromatic hydroxyl groups is 1. The number of phenolic OH excluding ortho intramolecular Hbond substituents is 1. The number of carbonyl (C=O) groups excluding carboxylic acids is 9. The number of hydrogen-bond donors (Lipinski definition) is 15. The molecule has 4 rings (SSSR count). The molecule has 0 saturated carbocycles. The maximum Gasteiger partial charge on any atom is 0.244 e. The number of para-hydroxylation sites is 1. The highest BCUT2D eigenvalue weighted by Crippen LogP contribution is 2.20. The summed E-state index contributed by atoms with van der Waals surface area (Å²) in [5.74, 6) is -8.24. The maximum absolute atomic E-state index is 14.7. The van der Waals surface area contributed by atoms with Gasteiger partial charge in [-0.1, -0.05) is 74.5 Å². The lowest BCUT2D eigenvalue weighted by Gasteiger charge is -2.29. The van der Waals surface area contributed by atoms with Gasteiger partial charge in [0.05, 0.1) is 6.10 Å². The van der Waals surface area contributed by atoms with Crippen LogP contribution >= 0.6 is 25.3 Å². The Morgan fingerprint density at radius 3 is 1.55 bits per heavy atom. The number of rotatable bonds is 30. The van der Waals surface area contributed by atoms with E-state index < -0.39 is 114 Å². The van der Waals surface area contributed by atoms with Crippen molar-refractivity contribution in [1.29, 1.82) is 0 Å². The first-order valence-corrected chi connectivity index (χ1v) is 26.1. The van der Waals surface area contributed by atoms with Crippen LogP contribution in [0.1, 0.15) is 63.6 Å². The Kier molecular flexibility index (Phi) is 24.6. The van der Waals surface area contributed by atoms with Crippen molar-refractivity contribution < 1.29 is 53.4 Å². The number of unbranched alkanes of at least 4 members (excludes halogenated alkanes) is 1. The van der Waals surface area contributed by atoms with Gasteiger partial charge in [0, 0.05) is 54.8 Å². The minimum atomic E-state index is -1.47. The number of carbonyl (C=O) groups is 9. The lowest BCUT2D eigenvalue weighted by Crippen LogP contribution is -2.62. The molecule has 412 valence electrons. The van der Waals surface area contributed by atoms with E-state index in [0.29, 0.717) is 24.0 Å². The molecule has 0 bridgehead atoms. The monoisotopic (exact) mass is 1090 g/mol. The summed E-state index contributed by atoms with van der Waals surface area (Å²) in [7, 11) is 0. The average molecular weight is 1090 g/mol. The molecule has 22 nitrogen and oxygen atoms in total. The van der Waals surface area contributed by atoms with E-state index in [1.807, 2.05) is 18.2 Å². The first-order valence-electron chi connectivity index (χ1n) is 24.8. The number of fused-ring (bicyclic) bond motifs is 1. The number of aromatic amines is 1. The predicted molar refractivity (Wildman–Crippen MR) is 291 cm³/mol. The van der Waals surface area contributed by atoms with E-state index in [2.05, 4.69) is 72.8 Å². The molecule has 0 aliphatic carbocycles. The van der Waals surface area contributed by atoms with Crippen molar-refractivity contribution in [3.8, 4) is 5.75 Å². The van der Waals surface area contributed by atoms with Crippen LogP contribution in [-0.4, -0.2) is 141 Å². The van der Waals surface area contributed by atoms with E-state index in [1.54, 1.807) is 56.4 Å². The predicted octanol–water partition coefficient (Wildman–Crippen LogP) is -0.690. The summed E-state index contributed by atoms with van der Waals surface area (Å²) >= 11 is 8.51. The standard InChI is InChI=1S/C52H71N11O11S2/c1-28(2)43(52(74)61-42(27-76)51(73)63-44(29(3)64)45(54)67)62-46(68)37(16-10-11-21-53)57-49(71)40(24-33-25-55-36-15-9-8-14-35(33)36)59-48(70)39(23-32-17-19-34(66)20-18-32)58-50(72)41(26-75)60-47(69)38(56-30(4)65)22-31-12-6-5-7-13-31/h5-9,12-15,17-20,25,28-29,37-44,55,64,66,75-76H,10-11,16,21-24,26-27,53H2,1-4H3,(H2,54,67)(H,56,65)(H,57,71)(H,58,72)(H,59,70)(H,60,69)(H,61,74)(H,62,68)(H,63,73). The lowest BCUT2D eigenvalue weighted by atomic mass is 10.00. The molecule has 9 atom stereocenters. The Hall–Kier alpha value is -7.15. The molecule has 4 aromatic rings. The van der Waals surface area contributed by atoms with Crippen LogP contribution < -0.4 is 54.0 Å². The normalized spacial score (nSPS) is 14.8. The summed E-state index contributed by atoms with van der Waals surface area (Å²) in [6, 6.07) is 11.4. The number of nitrogens with two attached hydrogens (primary N) is 2. The molecule has 9 unspecified atom stereocenters. The van der Waals surface area contributed by atoms with Gasteiger partial charge < -0.3 is 69.2 Å². The number of hydrogen-bond acceptors (Lipinski definition) is 14. The van der Waals surface area contributed by atoms with E-state index in [9.17, 15) is 53.4 Å². The van der Waals surface area contributed by atoms with Crippen molar-refractivity contribution in [2.75, 3.05) is 18.1 Å². The number of amides is 9. The molecule has 0 aliphatic heterocycles. The Bertz CT molecular complexity index is 2620. The van der Waals surface area contributed by atoms with Gasteiger partial charge in [0.2, 0.25) is 53.2 Å². The topological polar surface area (TPSA) is 358 Å². The van der Waals surface area contributed by atoms with Crippen LogP contribution in [0.15, 0.2) is 85.1 Å². The van der Waals surface area contributed by atoms with Gasteiger partial charge in [-0.05, 0) is 73.5 Å². The molecule has 9 amide bonds. The smallest absolute Gasteiger partial charge is 0.244 e. The van der Waals surface area contributed by atoms with Crippen molar-refractivity contribution >= 4 is 89.3 Å². The molecular formula is C52H71N11O11S2. The summed E-state index contributed by atoms with van der Waals surface area (Å²) in [6.45, 7) is 6.04. The van der Waals surface area contributed by atoms with Crippen LogP contribution in [0, 0.1) is 5.92 Å². The molecule has 0 aliphatic rings. The van der Waals surface area contributed by atoms with E-state index in [0.717, 1.165) is 16.5 Å². The Morgan fingerprint density at radius 1 is 0.553 bits per heavy atom. The quantitative estimate of drug-likeness (QED) is 0.0228. The number of thiol groups is 2. The number of aliphatic hydroxyl groups excluding tert-OH is 1. The molecule has 15 N–H and O–H groups in total. The summed E-state index contributed by atoms with van der Waals surface area (Å²) in [4.78, 5) is 126. The van der Waals surface area contributed by atoms with Crippen molar-refractivity contribution in [3.63, 3.8) is 0 Å². The van der Waals surface area contributed by atoms with Gasteiger partial charge >= 0.3 is 0 Å². The van der Waals surface area contributed by atoms with Gasteiger partial charge in [-0.2, -0.15) is 25.3 Å². The number of H-pyrrole nitrogens is 1. The first-order chi connectivity index (χ1) is 36.1. The molecule has 0 fully saturated rings. The van der Waals surface area contributed by atoms with Gasteiger partial charge in [-0.3, -0.25) is 43.2 Å². The molecule has 76 heavy (non-hydrogen) atoms. The van der Waals surface area contributed by atoms with Crippen LogP contribution in [0.2, 0.25) is 0 Å². The highest BCUT2D eigenvalue weighted by atomic mass is 32.1. The highest BCUT2D eigenvalue weighted by molar-refractivity contribution is 7.80. The number of aromatic nitrogens is 1. The van der Waals surface area contributed by atoms with Gasteiger partial charge in [-0.15, -0.1) is 0 Å². The Labute approximate surface area is 452 Å². The lowest BCUT2D eigenvalue weighted by molar-refractivity contribution is -0.136. The summed E-state index contributed by atoms with van der Waals surface area (Å²) < 4.78 is 0. The zero-order valence-electron chi connectivity index (χ0n) is 42.8. The number of nitrogens with one attached hydrogen (secondary N) is 9. The molecule has 1 heterocycles. The molecule has 3 aromatic carbocycles. The Morgan fingerprint density at radius 2 is 1.01 bits per heavy atom. The van der Waals surface area contributed by atoms with Crippen LogP contribution in [0.5, 0.6) is 5.75 Å². The third-order valence-corrected chi connectivity index (χ3v) is 13.0. The van der Waals surface area contributed by atoms with E-state index in [1.165, 1.54) is 38.1 Å². The van der Waals surface area contributed by atoms with E-state index >= 15 is 0 Å². The maximum atomic E-state index is 14.7. The number of primary amides is 1. The zero-order chi connectivity index (χ0) is 56.1. The van der Waals surface area contributed by atoms with E-state index in [-0.39, 0.29) is 49.5 Å². The largest absolute Gasteiger partial charge is 0.508 e. The fraction of sp³-hybridized carbons (Fsp3) is 0.442. The van der Waals surface area contributed by atoms with Crippen LogP contribution in [0.3, 0.4) is 0 Å². The van der Waals surface area contributed by atoms with Crippen molar-refractivity contribution in [2.45, 2.75) is 121 Å². The van der Waals surface area contributed by atoms with Gasteiger partial charge in [0.1, 0.15) is 54.1 Å². The third-order valence-electron chi connectivity index (χ3n) is 12.3. The van der Waals surface area contributed by atoms with Gasteiger partial charge in [0.25, 0.3) is 0 Å². The van der Waals surface area contributed by atoms with Crippen molar-refractivity contribution in [2.24, 2.45) is 17.4 Å². The molecule has 24 heteroatoms. The average Bonchev–Trinajstić information content (AvgIpc) is 3.79. The van der Waals surface area contributed by atoms with Crippen LogP contribution in [0.25, 0.3) is 10.9 Å². The number of phenols is 1. The summed E-state index contributed by atoms with van der Waals surface area (Å²) in [6.07, 6.45) is 0.965. The zero-order valence-corrected chi connectivity index (χ0v) is 44.6. The summed E-state index contributed by atoms with van der Waals surface area (Å²) in [5, 5.41) is 41.7. The first kappa shape index (κ1) is 61.4. The van der Waals surface area contributed by atoms with Crippen molar-refractivity contribution in [3.05, 3.63) is 102 Å². The Balaban J connectivity index is 1.65.